The minimum atomic E-state index is -0.537. The number of methoxy groups -OCH3 is 1. The van der Waals surface area contributed by atoms with Crippen molar-refractivity contribution in [2.24, 2.45) is 0 Å². The Hall–Kier alpha value is -2.56. The minimum absolute atomic E-state index is 0.189. The maximum absolute atomic E-state index is 13.3. The summed E-state index contributed by atoms with van der Waals surface area (Å²) in [6.45, 7) is 1.83. The molecule has 0 aromatic heterocycles. The van der Waals surface area contributed by atoms with Crippen LogP contribution in [0, 0.1) is 5.82 Å². The van der Waals surface area contributed by atoms with Gasteiger partial charge in [-0.05, 0) is 31.2 Å². The van der Waals surface area contributed by atoms with Crippen LogP contribution in [0.1, 0.15) is 28.9 Å². The molecule has 0 fully saturated rings. The number of carbonyl (C=O) groups excluding carboxylic acids is 1. The molecule has 0 radical (unpaired) electrons. The van der Waals surface area contributed by atoms with Gasteiger partial charge in [-0.25, -0.2) is 4.39 Å². The lowest BCUT2D eigenvalue weighted by Gasteiger charge is -2.17. The molecule has 0 saturated carbocycles. The smallest absolute Gasteiger partial charge is 0.251 e. The van der Waals surface area contributed by atoms with Crippen molar-refractivity contribution >= 4 is 11.6 Å². The van der Waals surface area contributed by atoms with Crippen molar-refractivity contribution in [3.63, 3.8) is 0 Å². The maximum atomic E-state index is 13.3. The first kappa shape index (κ1) is 14.8. The Balaban J connectivity index is 2.18. The van der Waals surface area contributed by atoms with Crippen molar-refractivity contribution in [2.75, 3.05) is 12.8 Å². The number of nitrogen functional groups attached to an aromatic ring is 1. The van der Waals surface area contributed by atoms with Gasteiger partial charge in [0.1, 0.15) is 11.6 Å². The Bertz CT molecular complexity index is 638. The summed E-state index contributed by atoms with van der Waals surface area (Å²) in [6, 6.07) is 10.9. The number of halogens is 1. The zero-order valence-electron chi connectivity index (χ0n) is 11.9. The van der Waals surface area contributed by atoms with E-state index in [1.54, 1.807) is 7.11 Å². The van der Waals surface area contributed by atoms with E-state index in [0.29, 0.717) is 5.75 Å². The molecule has 2 aromatic carbocycles. The lowest BCUT2D eigenvalue weighted by atomic mass is 10.1. The van der Waals surface area contributed by atoms with Crippen molar-refractivity contribution in [1.82, 2.24) is 5.32 Å². The summed E-state index contributed by atoms with van der Waals surface area (Å²) in [4.78, 5) is 12.2. The molecule has 5 heteroatoms. The largest absolute Gasteiger partial charge is 0.496 e. The standard InChI is InChI=1S/C16H17FN2O2/c1-10(14-5-3-4-6-15(14)21-2)19-16(20)11-7-12(17)9-13(18)8-11/h3-10H,18H2,1-2H3,(H,19,20). The average molecular weight is 288 g/mol. The van der Waals surface area contributed by atoms with Crippen LogP contribution in [-0.4, -0.2) is 13.0 Å². The maximum Gasteiger partial charge on any atom is 0.251 e. The number of hydrogen-bond donors (Lipinski definition) is 2. The number of anilines is 1. The molecule has 110 valence electrons. The van der Waals surface area contributed by atoms with Crippen LogP contribution in [0.4, 0.5) is 10.1 Å². The second-order valence-corrected chi connectivity index (χ2v) is 4.71. The highest BCUT2D eigenvalue weighted by molar-refractivity contribution is 5.95. The SMILES string of the molecule is COc1ccccc1C(C)NC(=O)c1cc(N)cc(F)c1. The molecule has 2 aromatic rings. The highest BCUT2D eigenvalue weighted by Crippen LogP contribution is 2.24. The fraction of sp³-hybridized carbons (Fsp3) is 0.188. The van der Waals surface area contributed by atoms with Gasteiger partial charge < -0.3 is 15.8 Å². The Kier molecular flexibility index (Phi) is 4.42. The number of nitrogens with one attached hydrogen (secondary N) is 1. The molecule has 4 nitrogen and oxygen atoms in total. The van der Waals surface area contributed by atoms with E-state index >= 15 is 0 Å². The lowest BCUT2D eigenvalue weighted by Crippen LogP contribution is -2.27. The topological polar surface area (TPSA) is 64.3 Å². The third-order valence-electron chi connectivity index (χ3n) is 3.14. The predicted octanol–water partition coefficient (Wildman–Crippen LogP) is 2.91. The molecule has 0 aliphatic carbocycles. The van der Waals surface area contributed by atoms with Gasteiger partial charge in [0.15, 0.2) is 0 Å². The normalized spacial score (nSPS) is 11.8. The van der Waals surface area contributed by atoms with Crippen LogP contribution in [0.25, 0.3) is 0 Å². The first-order chi connectivity index (χ1) is 10.0. The van der Waals surface area contributed by atoms with E-state index in [1.165, 1.54) is 12.1 Å². The van der Waals surface area contributed by atoms with Gasteiger partial charge in [-0.15, -0.1) is 0 Å². The molecule has 0 bridgehead atoms. The number of para-hydroxylation sites is 1. The monoisotopic (exact) mass is 288 g/mol. The second-order valence-electron chi connectivity index (χ2n) is 4.71. The molecule has 1 unspecified atom stereocenters. The Morgan fingerprint density at radius 1 is 1.29 bits per heavy atom. The molecule has 2 rings (SSSR count). The van der Waals surface area contributed by atoms with Crippen LogP contribution in [0.5, 0.6) is 5.75 Å². The first-order valence-corrected chi connectivity index (χ1v) is 6.51. The number of ether oxygens (including phenoxy) is 1. The van der Waals surface area contributed by atoms with E-state index < -0.39 is 5.82 Å². The summed E-state index contributed by atoms with van der Waals surface area (Å²) in [5.74, 6) is -0.242. The van der Waals surface area contributed by atoms with E-state index in [1.807, 2.05) is 31.2 Å². The summed E-state index contributed by atoms with van der Waals surface area (Å²) < 4.78 is 18.5. The van der Waals surface area contributed by atoms with Gasteiger partial charge in [0.05, 0.1) is 13.2 Å². The summed E-state index contributed by atoms with van der Waals surface area (Å²) in [5.41, 5.74) is 6.79. The molecular formula is C16H17FN2O2. The van der Waals surface area contributed by atoms with Crippen LogP contribution >= 0.6 is 0 Å². The third kappa shape index (κ3) is 3.51. The zero-order valence-corrected chi connectivity index (χ0v) is 11.9. The quantitative estimate of drug-likeness (QED) is 0.850. The first-order valence-electron chi connectivity index (χ1n) is 6.51. The molecule has 3 N–H and O–H groups in total. The Morgan fingerprint density at radius 3 is 2.67 bits per heavy atom. The van der Waals surface area contributed by atoms with Crippen LogP contribution in [-0.2, 0) is 0 Å². The van der Waals surface area contributed by atoms with Crippen molar-refractivity contribution in [2.45, 2.75) is 13.0 Å². The molecule has 1 atom stereocenters. The van der Waals surface area contributed by atoms with Gasteiger partial charge in [-0.2, -0.15) is 0 Å². The van der Waals surface area contributed by atoms with Gasteiger partial charge >= 0.3 is 0 Å². The third-order valence-corrected chi connectivity index (χ3v) is 3.14. The molecule has 1 amide bonds. The number of rotatable bonds is 4. The van der Waals surface area contributed by atoms with E-state index in [9.17, 15) is 9.18 Å². The van der Waals surface area contributed by atoms with Gasteiger partial charge in [0.25, 0.3) is 5.91 Å². The van der Waals surface area contributed by atoms with Crippen molar-refractivity contribution in [3.8, 4) is 5.75 Å². The predicted molar refractivity (Wildman–Crippen MR) is 79.7 cm³/mol. The number of benzene rings is 2. The number of amides is 1. The fourth-order valence-corrected chi connectivity index (χ4v) is 2.13. The lowest BCUT2D eigenvalue weighted by molar-refractivity contribution is 0.0939. The minimum Gasteiger partial charge on any atom is -0.496 e. The highest BCUT2D eigenvalue weighted by atomic mass is 19.1. The molecule has 0 spiro atoms. The van der Waals surface area contributed by atoms with Crippen LogP contribution < -0.4 is 15.8 Å². The van der Waals surface area contributed by atoms with Gasteiger partial charge in [0.2, 0.25) is 0 Å². The summed E-state index contributed by atoms with van der Waals surface area (Å²) >= 11 is 0. The molecular weight excluding hydrogens is 271 g/mol. The van der Waals surface area contributed by atoms with Gasteiger partial charge in [0, 0.05) is 16.8 Å². The van der Waals surface area contributed by atoms with Gasteiger partial charge in [-0.1, -0.05) is 18.2 Å². The molecule has 0 heterocycles. The van der Waals surface area contributed by atoms with E-state index in [2.05, 4.69) is 5.32 Å². The van der Waals surface area contributed by atoms with E-state index in [-0.39, 0.29) is 23.2 Å². The summed E-state index contributed by atoms with van der Waals surface area (Å²) in [7, 11) is 1.57. The van der Waals surface area contributed by atoms with Crippen molar-refractivity contribution in [3.05, 3.63) is 59.4 Å². The van der Waals surface area contributed by atoms with Crippen LogP contribution in [0.3, 0.4) is 0 Å². The van der Waals surface area contributed by atoms with E-state index in [4.69, 9.17) is 10.5 Å². The zero-order chi connectivity index (χ0) is 15.4. The molecule has 21 heavy (non-hydrogen) atoms. The molecule has 0 saturated heterocycles. The fourth-order valence-electron chi connectivity index (χ4n) is 2.13. The molecule has 0 aliphatic rings. The average Bonchev–Trinajstić information content (AvgIpc) is 2.46. The van der Waals surface area contributed by atoms with Crippen LogP contribution in [0.15, 0.2) is 42.5 Å². The second kappa shape index (κ2) is 6.26. The number of carbonyl (C=O) groups is 1. The number of hydrogen-bond acceptors (Lipinski definition) is 3. The van der Waals surface area contributed by atoms with Crippen molar-refractivity contribution in [1.29, 1.82) is 0 Å². The highest BCUT2D eigenvalue weighted by Gasteiger charge is 2.15. The Labute approximate surface area is 122 Å². The molecule has 0 aliphatic heterocycles. The summed E-state index contributed by atoms with van der Waals surface area (Å²) in [6.07, 6.45) is 0. The van der Waals surface area contributed by atoms with E-state index in [0.717, 1.165) is 11.6 Å². The summed E-state index contributed by atoms with van der Waals surface area (Å²) in [5, 5.41) is 2.80. The van der Waals surface area contributed by atoms with Gasteiger partial charge in [-0.3, -0.25) is 4.79 Å². The number of nitrogens with two attached hydrogens (primary N) is 1. The van der Waals surface area contributed by atoms with Crippen LogP contribution in [0.2, 0.25) is 0 Å². The van der Waals surface area contributed by atoms with Crippen molar-refractivity contribution < 1.29 is 13.9 Å². The Morgan fingerprint density at radius 2 is 2.00 bits per heavy atom.